The second-order valence-corrected chi connectivity index (χ2v) is 20.1. The molecule has 0 aliphatic rings. The number of carbonyl (C=O) groups is 1. The van der Waals surface area contributed by atoms with E-state index in [4.69, 9.17) is 13.6 Å². The average molecular weight is 437 g/mol. The molecule has 1 rings (SSSR count). The molecule has 0 heterocycles. The molecule has 0 aromatic heterocycles. The van der Waals surface area contributed by atoms with Crippen molar-refractivity contribution in [3.63, 3.8) is 0 Å². The topological polar surface area (TPSA) is 44.8 Å². The average Bonchev–Trinajstić information content (AvgIpc) is 2.51. The standard InChI is InChI=1S/C23H40O4Si2/c1-13-19(25-17(2)24)18-14-15-20(26-28(9,10)22(3,4)5)21(16-18)27-29(11,12)23(6,7)8/h13-16,19H,1H2,2-12H3. The number of carbonyl (C=O) groups excluding carboxylic acids is 1. The van der Waals surface area contributed by atoms with E-state index in [0.29, 0.717) is 0 Å². The minimum atomic E-state index is -2.10. The fourth-order valence-electron chi connectivity index (χ4n) is 2.15. The Labute approximate surface area is 179 Å². The molecule has 4 nitrogen and oxygen atoms in total. The highest BCUT2D eigenvalue weighted by Gasteiger charge is 2.42. The molecule has 0 fully saturated rings. The molecule has 0 aliphatic carbocycles. The largest absolute Gasteiger partial charge is 0.541 e. The van der Waals surface area contributed by atoms with Crippen LogP contribution in [-0.4, -0.2) is 22.6 Å². The normalized spacial score (nSPS) is 14.2. The van der Waals surface area contributed by atoms with Crippen LogP contribution in [0.15, 0.2) is 30.9 Å². The van der Waals surface area contributed by atoms with Crippen molar-refractivity contribution in [2.45, 2.75) is 90.8 Å². The minimum Gasteiger partial charge on any atom is -0.541 e. The van der Waals surface area contributed by atoms with E-state index < -0.39 is 22.7 Å². The Kier molecular flexibility index (Phi) is 7.63. The Balaban J connectivity index is 3.48. The Morgan fingerprint density at radius 2 is 1.38 bits per heavy atom. The van der Waals surface area contributed by atoms with Crippen LogP contribution in [0.4, 0.5) is 0 Å². The van der Waals surface area contributed by atoms with Gasteiger partial charge < -0.3 is 13.6 Å². The van der Waals surface area contributed by atoms with Gasteiger partial charge in [-0.2, -0.15) is 0 Å². The van der Waals surface area contributed by atoms with Gasteiger partial charge in [0.2, 0.25) is 0 Å². The smallest absolute Gasteiger partial charge is 0.303 e. The first kappa shape index (κ1) is 25.5. The van der Waals surface area contributed by atoms with Gasteiger partial charge in [-0.15, -0.1) is 0 Å². The highest BCUT2D eigenvalue weighted by atomic mass is 28.4. The third kappa shape index (κ3) is 6.47. The summed E-state index contributed by atoms with van der Waals surface area (Å²) in [7, 11) is -4.14. The first-order valence-electron chi connectivity index (χ1n) is 10.2. The van der Waals surface area contributed by atoms with Crippen molar-refractivity contribution in [1.29, 1.82) is 0 Å². The summed E-state index contributed by atoms with van der Waals surface area (Å²) in [4.78, 5) is 11.5. The molecule has 0 N–H and O–H groups in total. The fraction of sp³-hybridized carbons (Fsp3) is 0.609. The minimum absolute atomic E-state index is 0.0466. The third-order valence-corrected chi connectivity index (χ3v) is 14.8. The van der Waals surface area contributed by atoms with Crippen LogP contribution < -0.4 is 8.85 Å². The fourth-order valence-corrected chi connectivity index (χ4v) is 4.19. The molecule has 0 saturated carbocycles. The van der Waals surface area contributed by atoms with Gasteiger partial charge in [-0.3, -0.25) is 4.79 Å². The summed E-state index contributed by atoms with van der Waals surface area (Å²) in [6.45, 7) is 27.4. The van der Waals surface area contributed by atoms with Gasteiger partial charge in [0.25, 0.3) is 16.6 Å². The zero-order valence-corrected chi connectivity index (χ0v) is 22.2. The molecule has 0 radical (unpaired) electrons. The molecule has 29 heavy (non-hydrogen) atoms. The summed E-state index contributed by atoms with van der Waals surface area (Å²) in [5, 5.41) is 0.117. The second kappa shape index (κ2) is 8.68. The summed E-state index contributed by atoms with van der Waals surface area (Å²) in [6.07, 6.45) is 1.11. The van der Waals surface area contributed by atoms with Gasteiger partial charge in [-0.05, 0) is 54.5 Å². The van der Waals surface area contributed by atoms with Crippen molar-refractivity contribution < 1.29 is 18.4 Å². The maximum Gasteiger partial charge on any atom is 0.303 e. The van der Waals surface area contributed by atoms with E-state index in [-0.39, 0.29) is 16.0 Å². The summed E-state index contributed by atoms with van der Waals surface area (Å²) < 4.78 is 18.7. The second-order valence-electron chi connectivity index (χ2n) is 10.7. The number of esters is 1. The zero-order valence-electron chi connectivity index (χ0n) is 20.2. The van der Waals surface area contributed by atoms with Gasteiger partial charge in [0.15, 0.2) is 0 Å². The molecule has 6 heteroatoms. The van der Waals surface area contributed by atoms with Crippen LogP contribution in [0.5, 0.6) is 11.5 Å². The van der Waals surface area contributed by atoms with E-state index in [9.17, 15) is 4.79 Å². The molecule has 1 unspecified atom stereocenters. The number of rotatable bonds is 7. The number of hydrogen-bond acceptors (Lipinski definition) is 4. The molecule has 1 aromatic rings. The quantitative estimate of drug-likeness (QED) is 0.256. The molecule has 1 aromatic carbocycles. The van der Waals surface area contributed by atoms with Crippen molar-refractivity contribution in [3.8, 4) is 11.5 Å². The van der Waals surface area contributed by atoms with Crippen molar-refractivity contribution in [2.75, 3.05) is 0 Å². The van der Waals surface area contributed by atoms with Crippen LogP contribution >= 0.6 is 0 Å². The SMILES string of the molecule is C=CC(OC(C)=O)c1ccc(O[Si](C)(C)C(C)(C)C)c(O[Si](C)(C)C(C)(C)C)c1. The maximum absolute atomic E-state index is 11.5. The summed E-state index contributed by atoms with van der Waals surface area (Å²) in [5.74, 6) is 1.14. The van der Waals surface area contributed by atoms with Gasteiger partial charge >= 0.3 is 5.97 Å². The number of benzene rings is 1. The lowest BCUT2D eigenvalue weighted by atomic mass is 10.1. The summed E-state index contributed by atoms with van der Waals surface area (Å²) >= 11 is 0. The third-order valence-electron chi connectivity index (χ3n) is 6.15. The van der Waals surface area contributed by atoms with Gasteiger partial charge in [0, 0.05) is 12.5 Å². The van der Waals surface area contributed by atoms with Crippen LogP contribution in [0, 0.1) is 0 Å². The number of hydrogen-bond donors (Lipinski definition) is 0. The summed E-state index contributed by atoms with van der Waals surface area (Å²) in [6, 6.07) is 5.81. The van der Waals surface area contributed by atoms with Crippen LogP contribution in [0.25, 0.3) is 0 Å². The zero-order chi connectivity index (χ0) is 22.8. The molecule has 164 valence electrons. The lowest BCUT2D eigenvalue weighted by Gasteiger charge is -2.40. The Bertz CT molecular complexity index is 740. The molecular weight excluding hydrogens is 396 g/mol. The van der Waals surface area contributed by atoms with Crippen molar-refractivity contribution in [3.05, 3.63) is 36.4 Å². The van der Waals surface area contributed by atoms with Crippen molar-refractivity contribution in [2.24, 2.45) is 0 Å². The van der Waals surface area contributed by atoms with Gasteiger partial charge in [-0.25, -0.2) is 0 Å². The van der Waals surface area contributed by atoms with Crippen LogP contribution in [0.2, 0.25) is 36.3 Å². The van der Waals surface area contributed by atoms with E-state index in [1.807, 2.05) is 18.2 Å². The first-order valence-corrected chi connectivity index (χ1v) is 16.0. The molecule has 0 saturated heterocycles. The number of ether oxygens (including phenoxy) is 1. The molecular formula is C23H40O4Si2. The lowest BCUT2D eigenvalue weighted by molar-refractivity contribution is -0.144. The van der Waals surface area contributed by atoms with Gasteiger partial charge in [-0.1, -0.05) is 54.2 Å². The van der Waals surface area contributed by atoms with Crippen LogP contribution in [-0.2, 0) is 9.53 Å². The highest BCUT2D eigenvalue weighted by Crippen LogP contribution is 2.44. The van der Waals surface area contributed by atoms with E-state index in [0.717, 1.165) is 17.1 Å². The lowest BCUT2D eigenvalue weighted by Crippen LogP contribution is -2.45. The Morgan fingerprint density at radius 3 is 1.76 bits per heavy atom. The summed E-state index contributed by atoms with van der Waals surface area (Å²) in [5.41, 5.74) is 0.825. The van der Waals surface area contributed by atoms with Crippen LogP contribution in [0.1, 0.15) is 60.1 Å². The van der Waals surface area contributed by atoms with Crippen molar-refractivity contribution >= 4 is 22.6 Å². The molecule has 0 amide bonds. The maximum atomic E-state index is 11.5. The van der Waals surface area contributed by atoms with Crippen LogP contribution in [0.3, 0.4) is 0 Å². The molecule has 0 spiro atoms. The first-order chi connectivity index (χ1) is 12.9. The molecule has 0 bridgehead atoms. The van der Waals surface area contributed by atoms with E-state index >= 15 is 0 Å². The van der Waals surface area contributed by atoms with E-state index in [1.165, 1.54) is 6.92 Å². The monoisotopic (exact) mass is 436 g/mol. The van der Waals surface area contributed by atoms with Gasteiger partial charge in [0.1, 0.15) is 17.6 Å². The Morgan fingerprint density at radius 1 is 0.931 bits per heavy atom. The molecule has 1 atom stereocenters. The van der Waals surface area contributed by atoms with Gasteiger partial charge in [0.05, 0.1) is 0 Å². The van der Waals surface area contributed by atoms with E-state index in [1.54, 1.807) is 6.08 Å². The predicted molar refractivity (Wildman–Crippen MR) is 127 cm³/mol. The highest BCUT2D eigenvalue weighted by molar-refractivity contribution is 6.75. The van der Waals surface area contributed by atoms with E-state index in [2.05, 4.69) is 74.3 Å². The molecule has 0 aliphatic heterocycles. The Hall–Kier alpha value is -1.54. The van der Waals surface area contributed by atoms with Crippen molar-refractivity contribution in [1.82, 2.24) is 0 Å². The predicted octanol–water partition coefficient (Wildman–Crippen LogP) is 7.24.